The molecule has 0 aromatic heterocycles. The van der Waals surface area contributed by atoms with Gasteiger partial charge in [-0.05, 0) is 26.0 Å². The highest BCUT2D eigenvalue weighted by molar-refractivity contribution is 6.41. The lowest BCUT2D eigenvalue weighted by molar-refractivity contribution is 1.39. The van der Waals surface area contributed by atoms with Crippen LogP contribution in [0.5, 0.6) is 0 Å². The van der Waals surface area contributed by atoms with Gasteiger partial charge in [0.15, 0.2) is 0 Å². The van der Waals surface area contributed by atoms with Crippen LogP contribution in [0.25, 0.3) is 0 Å². The second-order valence-electron chi connectivity index (χ2n) is 2.12. The van der Waals surface area contributed by atoms with Gasteiger partial charge in [0, 0.05) is 0 Å². The van der Waals surface area contributed by atoms with Gasteiger partial charge in [-0.3, -0.25) is 0 Å². The van der Waals surface area contributed by atoms with E-state index >= 15 is 0 Å². The molecule has 0 aliphatic heterocycles. The van der Waals surface area contributed by atoms with Crippen molar-refractivity contribution in [1.82, 2.24) is 0 Å². The summed E-state index contributed by atoms with van der Waals surface area (Å²) < 4.78 is 0. The zero-order valence-electron chi connectivity index (χ0n) is 6.12. The number of hydrogen-bond acceptors (Lipinski definition) is 0. The molecule has 0 bridgehead atoms. The molecule has 0 fully saturated rings. The minimum atomic E-state index is 0.489. The average molecular weight is 177 g/mol. The highest BCUT2D eigenvalue weighted by atomic mass is 35.5. The molecule has 0 radical (unpaired) electrons. The van der Waals surface area contributed by atoms with E-state index in [1.165, 1.54) is 6.08 Å². The van der Waals surface area contributed by atoms with E-state index in [0.29, 0.717) is 10.1 Å². The Hall–Kier alpha value is -0.200. The second-order valence-corrected chi connectivity index (χ2v) is 2.94. The Balaban J connectivity index is 4.48. The molecule has 0 aromatic carbocycles. The van der Waals surface area contributed by atoms with Crippen molar-refractivity contribution < 1.29 is 0 Å². The van der Waals surface area contributed by atoms with Crippen LogP contribution in [0.4, 0.5) is 0 Å². The van der Waals surface area contributed by atoms with Gasteiger partial charge in [-0.1, -0.05) is 35.4 Å². The Labute approximate surface area is 71.8 Å². The minimum absolute atomic E-state index is 0.489. The van der Waals surface area contributed by atoms with Crippen LogP contribution in [0.3, 0.4) is 0 Å². The molecule has 0 aliphatic carbocycles. The monoisotopic (exact) mass is 176 g/mol. The van der Waals surface area contributed by atoms with Gasteiger partial charge in [0.2, 0.25) is 0 Å². The lowest BCUT2D eigenvalue weighted by Crippen LogP contribution is -1.70. The summed E-state index contributed by atoms with van der Waals surface area (Å²) in [4.78, 5) is 0. The molecule has 0 rings (SSSR count). The van der Waals surface area contributed by atoms with Gasteiger partial charge in [0.1, 0.15) is 0 Å². The first-order valence-corrected chi connectivity index (χ1v) is 3.66. The largest absolute Gasteiger partial charge is 0.0975 e. The first kappa shape index (κ1) is 9.80. The average Bonchev–Trinajstić information content (AvgIpc) is 1.85. The first-order chi connectivity index (χ1) is 4.57. The fourth-order valence-corrected chi connectivity index (χ4v) is 0.770. The normalized spacial score (nSPS) is 12.0. The lowest BCUT2D eigenvalue weighted by atomic mass is 10.3. The minimum Gasteiger partial charge on any atom is -0.0975 e. The van der Waals surface area contributed by atoms with Crippen molar-refractivity contribution in [2.45, 2.75) is 13.8 Å². The fraction of sp³-hybridized carbons (Fsp3) is 0.250. The van der Waals surface area contributed by atoms with Gasteiger partial charge >= 0.3 is 0 Å². The standard InChI is InChI=1S/C8H10Cl2/c1-4-7(9)8(10)5-6(2)3/h4-5H,1H2,2-3H3/b8-7-. The van der Waals surface area contributed by atoms with E-state index in [2.05, 4.69) is 6.58 Å². The van der Waals surface area contributed by atoms with Crippen molar-refractivity contribution in [2.24, 2.45) is 0 Å². The zero-order chi connectivity index (χ0) is 8.15. The molecule has 0 aromatic rings. The van der Waals surface area contributed by atoms with E-state index in [0.717, 1.165) is 5.57 Å². The summed E-state index contributed by atoms with van der Waals surface area (Å²) >= 11 is 11.4. The molecule has 2 heteroatoms. The highest BCUT2D eigenvalue weighted by Crippen LogP contribution is 2.16. The van der Waals surface area contributed by atoms with Crippen molar-refractivity contribution in [3.05, 3.63) is 34.4 Å². The molecule has 0 N–H and O–H groups in total. The third kappa shape index (κ3) is 3.76. The Morgan fingerprint density at radius 2 is 1.70 bits per heavy atom. The summed E-state index contributed by atoms with van der Waals surface area (Å²) in [6.07, 6.45) is 3.31. The molecule has 56 valence electrons. The van der Waals surface area contributed by atoms with Crippen LogP contribution in [-0.4, -0.2) is 0 Å². The number of halogens is 2. The molecule has 0 spiro atoms. The van der Waals surface area contributed by atoms with E-state index in [-0.39, 0.29) is 0 Å². The maximum absolute atomic E-state index is 5.73. The summed E-state index contributed by atoms with van der Waals surface area (Å²) in [5.74, 6) is 0. The maximum atomic E-state index is 5.73. The number of allylic oxidation sites excluding steroid dienone is 5. The summed E-state index contributed by atoms with van der Waals surface area (Å²) in [5, 5.41) is 1.03. The smallest absolute Gasteiger partial charge is 0.0591 e. The molecule has 0 heterocycles. The second kappa shape index (κ2) is 4.59. The Bertz CT molecular complexity index is 183. The fourth-order valence-electron chi connectivity index (χ4n) is 0.420. The van der Waals surface area contributed by atoms with E-state index in [1.54, 1.807) is 6.08 Å². The summed E-state index contributed by atoms with van der Waals surface area (Å²) in [5.41, 5.74) is 1.12. The van der Waals surface area contributed by atoms with Crippen LogP contribution in [-0.2, 0) is 0 Å². The topological polar surface area (TPSA) is 0 Å². The van der Waals surface area contributed by atoms with Crippen LogP contribution >= 0.6 is 23.2 Å². The van der Waals surface area contributed by atoms with Gasteiger partial charge in [-0.25, -0.2) is 0 Å². The molecular formula is C8H10Cl2. The first-order valence-electron chi connectivity index (χ1n) is 2.90. The van der Waals surface area contributed by atoms with E-state index in [9.17, 15) is 0 Å². The van der Waals surface area contributed by atoms with Crippen LogP contribution in [0, 0.1) is 0 Å². The van der Waals surface area contributed by atoms with E-state index in [4.69, 9.17) is 23.2 Å². The molecule has 0 atom stereocenters. The van der Waals surface area contributed by atoms with Crippen molar-refractivity contribution in [2.75, 3.05) is 0 Å². The van der Waals surface area contributed by atoms with Crippen LogP contribution in [0.2, 0.25) is 0 Å². The van der Waals surface area contributed by atoms with Crippen molar-refractivity contribution in [3.8, 4) is 0 Å². The molecule has 0 unspecified atom stereocenters. The number of rotatable bonds is 2. The van der Waals surface area contributed by atoms with Crippen molar-refractivity contribution >= 4 is 23.2 Å². The van der Waals surface area contributed by atoms with Crippen LogP contribution < -0.4 is 0 Å². The van der Waals surface area contributed by atoms with E-state index in [1.807, 2.05) is 13.8 Å². The van der Waals surface area contributed by atoms with Gasteiger partial charge in [0.05, 0.1) is 10.1 Å². The Morgan fingerprint density at radius 3 is 2.00 bits per heavy atom. The third-order valence-electron chi connectivity index (χ3n) is 0.823. The molecule has 0 nitrogen and oxygen atoms in total. The highest BCUT2D eigenvalue weighted by Gasteiger charge is 1.92. The summed E-state index contributed by atoms with van der Waals surface area (Å²) in [6.45, 7) is 7.39. The van der Waals surface area contributed by atoms with Gasteiger partial charge in [-0.2, -0.15) is 0 Å². The summed E-state index contributed by atoms with van der Waals surface area (Å²) in [6, 6.07) is 0. The molecule has 0 amide bonds. The molecular weight excluding hydrogens is 167 g/mol. The van der Waals surface area contributed by atoms with Crippen molar-refractivity contribution in [1.29, 1.82) is 0 Å². The zero-order valence-corrected chi connectivity index (χ0v) is 7.63. The van der Waals surface area contributed by atoms with Gasteiger partial charge < -0.3 is 0 Å². The van der Waals surface area contributed by atoms with Crippen molar-refractivity contribution in [3.63, 3.8) is 0 Å². The number of hydrogen-bond donors (Lipinski definition) is 0. The van der Waals surface area contributed by atoms with Gasteiger partial charge in [0.25, 0.3) is 0 Å². The van der Waals surface area contributed by atoms with Crippen LogP contribution in [0.1, 0.15) is 13.8 Å². The quantitative estimate of drug-likeness (QED) is 0.562. The Morgan fingerprint density at radius 1 is 1.20 bits per heavy atom. The predicted octanol–water partition coefficient (Wildman–Crippen LogP) is 3.83. The summed E-state index contributed by atoms with van der Waals surface area (Å²) in [7, 11) is 0. The molecule has 10 heavy (non-hydrogen) atoms. The molecule has 0 aliphatic rings. The lowest BCUT2D eigenvalue weighted by Gasteiger charge is -1.92. The SMILES string of the molecule is C=C/C(Cl)=C(/Cl)C=C(C)C. The molecule has 0 saturated carbocycles. The maximum Gasteiger partial charge on any atom is 0.0591 e. The van der Waals surface area contributed by atoms with Gasteiger partial charge in [-0.15, -0.1) is 0 Å². The molecule has 0 saturated heterocycles. The predicted molar refractivity (Wildman–Crippen MR) is 48.4 cm³/mol. The third-order valence-corrected chi connectivity index (χ3v) is 1.59. The van der Waals surface area contributed by atoms with E-state index < -0.39 is 0 Å². The Kier molecular flexibility index (Phi) is 4.50. The van der Waals surface area contributed by atoms with Crippen LogP contribution in [0.15, 0.2) is 34.4 Å².